The van der Waals surface area contributed by atoms with Crippen molar-refractivity contribution in [3.8, 4) is 12.3 Å². The fourth-order valence-electron chi connectivity index (χ4n) is 2.43. The largest absolute Gasteiger partial charge is 0.336 e. The number of hydrogen-bond donors (Lipinski definition) is 2. The monoisotopic (exact) mass is 376 g/mol. The van der Waals surface area contributed by atoms with Gasteiger partial charge in [-0.1, -0.05) is 12.5 Å². The Bertz CT molecular complexity index is 819. The Labute approximate surface area is 153 Å². The summed E-state index contributed by atoms with van der Waals surface area (Å²) in [4.78, 5) is 25.4. The number of piperazine rings is 1. The molecular weight excluding hydrogens is 356 g/mol. The topological polar surface area (TPSA) is 98.8 Å². The Hall–Kier alpha value is -2.67. The number of nitrogens with one attached hydrogen (secondary N) is 2. The fourth-order valence-corrected chi connectivity index (χ4v) is 3.52. The van der Waals surface area contributed by atoms with Gasteiger partial charge < -0.3 is 10.2 Å². The normalized spacial score (nSPS) is 15.1. The number of nitrogens with zero attached hydrogens (tertiary/aromatic N) is 2. The lowest BCUT2D eigenvalue weighted by molar-refractivity contribution is -0.111. The van der Waals surface area contributed by atoms with Crippen molar-refractivity contribution in [2.24, 2.45) is 0 Å². The van der Waals surface area contributed by atoms with Crippen LogP contribution >= 0.6 is 0 Å². The summed E-state index contributed by atoms with van der Waals surface area (Å²) >= 11 is 0. The molecule has 26 heavy (non-hydrogen) atoms. The highest BCUT2D eigenvalue weighted by Gasteiger charge is 2.28. The molecule has 2 rings (SSSR count). The number of benzene rings is 1. The molecular formula is C17H20N4O4S. The van der Waals surface area contributed by atoms with E-state index in [0.29, 0.717) is 11.3 Å². The third-order valence-corrected chi connectivity index (χ3v) is 5.36. The molecule has 0 saturated carbocycles. The molecule has 2 amide bonds. The van der Waals surface area contributed by atoms with Gasteiger partial charge in [0.05, 0.1) is 6.54 Å². The Morgan fingerprint density at radius 2 is 1.81 bits per heavy atom. The zero-order valence-corrected chi connectivity index (χ0v) is 15.0. The highest BCUT2D eigenvalue weighted by Crippen LogP contribution is 2.14. The first-order valence-electron chi connectivity index (χ1n) is 7.88. The first-order chi connectivity index (χ1) is 12.4. The summed E-state index contributed by atoms with van der Waals surface area (Å²) in [6, 6.07) is 6.47. The molecule has 0 unspecified atom stereocenters. The molecule has 0 aromatic heterocycles. The molecule has 2 N–H and O–H groups in total. The fraction of sp³-hybridized carbons (Fsp3) is 0.294. The Kier molecular flexibility index (Phi) is 6.52. The van der Waals surface area contributed by atoms with Gasteiger partial charge in [-0.05, 0) is 30.3 Å². The number of hydrogen-bond acceptors (Lipinski definition) is 4. The predicted octanol–water partition coefficient (Wildman–Crippen LogP) is 0.0365. The minimum atomic E-state index is -3.62. The first-order valence-corrected chi connectivity index (χ1v) is 9.32. The third-order valence-electron chi connectivity index (χ3n) is 3.81. The van der Waals surface area contributed by atoms with E-state index < -0.39 is 10.2 Å². The minimum Gasteiger partial charge on any atom is -0.336 e. The van der Waals surface area contributed by atoms with E-state index in [9.17, 15) is 18.0 Å². The summed E-state index contributed by atoms with van der Waals surface area (Å²) in [5.41, 5.74) is 1.02. The smallest absolute Gasteiger partial charge is 0.280 e. The van der Waals surface area contributed by atoms with Crippen molar-refractivity contribution >= 4 is 27.7 Å². The van der Waals surface area contributed by atoms with Gasteiger partial charge in [0.15, 0.2) is 0 Å². The van der Waals surface area contributed by atoms with Crippen LogP contribution in [-0.4, -0.2) is 62.2 Å². The molecule has 0 atom stereocenters. The van der Waals surface area contributed by atoms with Gasteiger partial charge in [0.2, 0.25) is 5.91 Å². The lowest BCUT2D eigenvalue weighted by Gasteiger charge is -2.33. The van der Waals surface area contributed by atoms with E-state index in [0.717, 1.165) is 6.08 Å². The van der Waals surface area contributed by atoms with Gasteiger partial charge in [0.25, 0.3) is 16.1 Å². The van der Waals surface area contributed by atoms with E-state index in [-0.39, 0.29) is 44.5 Å². The summed E-state index contributed by atoms with van der Waals surface area (Å²) in [6.45, 7) is 4.25. The number of rotatable bonds is 6. The molecule has 138 valence electrons. The number of carbonyl (C=O) groups is 2. The first kappa shape index (κ1) is 19.7. The maximum atomic E-state index is 12.5. The number of carbonyl (C=O) groups excluding carboxylic acids is 2. The van der Waals surface area contributed by atoms with Crippen molar-refractivity contribution in [1.82, 2.24) is 13.9 Å². The lowest BCUT2D eigenvalue weighted by Crippen LogP contribution is -2.53. The SMILES string of the molecule is C#CCNS(=O)(=O)N1CCN(C(=O)c2ccc(NC(=O)C=C)cc2)CC1. The Morgan fingerprint density at radius 3 is 2.35 bits per heavy atom. The molecule has 1 aliphatic rings. The summed E-state index contributed by atoms with van der Waals surface area (Å²) in [6.07, 6.45) is 6.22. The molecule has 0 radical (unpaired) electrons. The van der Waals surface area contributed by atoms with Crippen LogP contribution in [0.1, 0.15) is 10.4 Å². The van der Waals surface area contributed by atoms with Gasteiger partial charge in [-0.15, -0.1) is 6.42 Å². The predicted molar refractivity (Wildman–Crippen MR) is 98.5 cm³/mol. The van der Waals surface area contributed by atoms with Crippen molar-refractivity contribution in [3.63, 3.8) is 0 Å². The average molecular weight is 376 g/mol. The van der Waals surface area contributed by atoms with Crippen molar-refractivity contribution in [3.05, 3.63) is 42.5 Å². The van der Waals surface area contributed by atoms with Crippen LogP contribution in [0.4, 0.5) is 5.69 Å². The highest BCUT2D eigenvalue weighted by atomic mass is 32.2. The van der Waals surface area contributed by atoms with Crippen LogP contribution in [-0.2, 0) is 15.0 Å². The van der Waals surface area contributed by atoms with Crippen molar-refractivity contribution in [2.75, 3.05) is 38.0 Å². The van der Waals surface area contributed by atoms with E-state index in [4.69, 9.17) is 6.42 Å². The summed E-state index contributed by atoms with van der Waals surface area (Å²) in [5, 5.41) is 2.60. The molecule has 9 heteroatoms. The van der Waals surface area contributed by atoms with Gasteiger partial charge in [-0.25, -0.2) is 0 Å². The standard InChI is InChI=1S/C17H20N4O4S/c1-3-9-18-26(24,25)21-12-10-20(11-13-21)17(23)14-5-7-15(8-6-14)19-16(22)4-2/h1,4-8,18H,2,9-13H2,(H,19,22). The van der Waals surface area contributed by atoms with E-state index in [1.165, 1.54) is 4.31 Å². The lowest BCUT2D eigenvalue weighted by atomic mass is 10.1. The van der Waals surface area contributed by atoms with Gasteiger partial charge >= 0.3 is 0 Å². The number of amides is 2. The molecule has 1 saturated heterocycles. The molecule has 0 spiro atoms. The number of anilines is 1. The van der Waals surface area contributed by atoms with Crippen LogP contribution in [0.3, 0.4) is 0 Å². The molecule has 0 aliphatic carbocycles. The molecule has 8 nitrogen and oxygen atoms in total. The Balaban J connectivity index is 1.95. The zero-order chi connectivity index (χ0) is 19.2. The maximum absolute atomic E-state index is 12.5. The van der Waals surface area contributed by atoms with Crippen LogP contribution in [0.2, 0.25) is 0 Å². The van der Waals surface area contributed by atoms with Gasteiger partial charge in [-0.2, -0.15) is 17.4 Å². The third kappa shape index (κ3) is 4.92. The van der Waals surface area contributed by atoms with Crippen molar-refractivity contribution in [1.29, 1.82) is 0 Å². The molecule has 1 aromatic carbocycles. The van der Waals surface area contributed by atoms with Gasteiger partial charge in [0.1, 0.15) is 0 Å². The van der Waals surface area contributed by atoms with Crippen LogP contribution in [0, 0.1) is 12.3 Å². The number of terminal acetylenes is 1. The van der Waals surface area contributed by atoms with E-state index in [2.05, 4.69) is 22.5 Å². The summed E-state index contributed by atoms with van der Waals surface area (Å²) in [7, 11) is -3.62. The Morgan fingerprint density at radius 1 is 1.19 bits per heavy atom. The molecule has 1 aromatic rings. The minimum absolute atomic E-state index is 0.0732. The highest BCUT2D eigenvalue weighted by molar-refractivity contribution is 7.87. The van der Waals surface area contributed by atoms with E-state index in [1.807, 2.05) is 0 Å². The van der Waals surface area contributed by atoms with Crippen LogP contribution in [0.5, 0.6) is 0 Å². The molecule has 1 fully saturated rings. The van der Waals surface area contributed by atoms with Crippen LogP contribution in [0.15, 0.2) is 36.9 Å². The van der Waals surface area contributed by atoms with Gasteiger partial charge in [0, 0.05) is 37.4 Å². The van der Waals surface area contributed by atoms with Crippen molar-refractivity contribution in [2.45, 2.75) is 0 Å². The molecule has 1 aliphatic heterocycles. The average Bonchev–Trinajstić information content (AvgIpc) is 2.66. The summed E-state index contributed by atoms with van der Waals surface area (Å²) in [5.74, 6) is 1.69. The van der Waals surface area contributed by atoms with Gasteiger partial charge in [-0.3, -0.25) is 9.59 Å². The quantitative estimate of drug-likeness (QED) is 0.541. The maximum Gasteiger partial charge on any atom is 0.280 e. The molecule has 1 heterocycles. The van der Waals surface area contributed by atoms with E-state index >= 15 is 0 Å². The van der Waals surface area contributed by atoms with Crippen LogP contribution < -0.4 is 10.0 Å². The second-order valence-electron chi connectivity index (χ2n) is 5.49. The van der Waals surface area contributed by atoms with E-state index in [1.54, 1.807) is 29.2 Å². The molecule has 0 bridgehead atoms. The second-order valence-corrected chi connectivity index (χ2v) is 7.25. The van der Waals surface area contributed by atoms with Crippen LogP contribution in [0.25, 0.3) is 0 Å². The zero-order valence-electron chi connectivity index (χ0n) is 14.1. The second kappa shape index (κ2) is 8.62. The summed E-state index contributed by atoms with van der Waals surface area (Å²) < 4.78 is 27.6. The van der Waals surface area contributed by atoms with Crippen molar-refractivity contribution < 1.29 is 18.0 Å².